The van der Waals surface area contributed by atoms with Gasteiger partial charge in [0.15, 0.2) is 0 Å². The molecule has 0 spiro atoms. The molecule has 1 atom stereocenters. The van der Waals surface area contributed by atoms with E-state index in [-0.39, 0.29) is 11.7 Å². The fraction of sp³-hybridized carbons (Fsp3) is 0.125. The Hall–Kier alpha value is -2.53. The number of phenolic OH excluding ortho intramolecular Hbond substituents is 1. The van der Waals surface area contributed by atoms with Crippen LogP contribution in [0.1, 0.15) is 12.5 Å². The molecule has 114 valence electrons. The largest absolute Gasteiger partial charge is 0.508 e. The minimum atomic E-state index is -0.463. The number of rotatable bonds is 5. The van der Waals surface area contributed by atoms with Crippen LogP contribution >= 0.6 is 11.6 Å². The summed E-state index contributed by atoms with van der Waals surface area (Å²) in [5.41, 5.74) is 3.99. The first-order valence-corrected chi connectivity index (χ1v) is 7.06. The topological polar surface area (TPSA) is 73.7 Å². The van der Waals surface area contributed by atoms with Crippen LogP contribution in [0.5, 0.6) is 5.75 Å². The lowest BCUT2D eigenvalue weighted by atomic mass is 10.2. The highest BCUT2D eigenvalue weighted by molar-refractivity contribution is 6.30. The van der Waals surface area contributed by atoms with Crippen LogP contribution in [-0.4, -0.2) is 23.3 Å². The van der Waals surface area contributed by atoms with Crippen molar-refractivity contribution in [2.75, 3.05) is 5.32 Å². The number of benzene rings is 2. The van der Waals surface area contributed by atoms with Gasteiger partial charge in [0.05, 0.1) is 6.21 Å². The van der Waals surface area contributed by atoms with Crippen molar-refractivity contribution in [2.45, 2.75) is 13.0 Å². The van der Waals surface area contributed by atoms with Gasteiger partial charge in [-0.15, -0.1) is 0 Å². The molecule has 5 nitrogen and oxygen atoms in total. The van der Waals surface area contributed by atoms with E-state index in [2.05, 4.69) is 15.8 Å². The molecule has 0 aliphatic carbocycles. The summed E-state index contributed by atoms with van der Waals surface area (Å²) in [4.78, 5) is 11.9. The summed E-state index contributed by atoms with van der Waals surface area (Å²) in [6.07, 6.45) is 1.50. The third kappa shape index (κ3) is 4.79. The predicted octanol–water partition coefficient (Wildman–Crippen LogP) is 3.00. The number of nitrogens with zero attached hydrogens (tertiary/aromatic N) is 1. The summed E-state index contributed by atoms with van der Waals surface area (Å²) in [6.45, 7) is 1.73. The fourth-order valence-corrected chi connectivity index (χ4v) is 1.91. The number of phenols is 1. The third-order valence-electron chi connectivity index (χ3n) is 2.88. The van der Waals surface area contributed by atoms with E-state index in [9.17, 15) is 9.90 Å². The summed E-state index contributed by atoms with van der Waals surface area (Å²) in [7, 11) is 0. The molecule has 2 rings (SSSR count). The molecule has 0 unspecified atom stereocenters. The monoisotopic (exact) mass is 317 g/mol. The second kappa shape index (κ2) is 7.47. The molecule has 22 heavy (non-hydrogen) atoms. The molecular formula is C16H16ClN3O2. The van der Waals surface area contributed by atoms with E-state index in [0.717, 1.165) is 11.3 Å². The van der Waals surface area contributed by atoms with Crippen LogP contribution in [0, 0.1) is 0 Å². The van der Waals surface area contributed by atoms with Crippen LogP contribution in [0.2, 0.25) is 5.02 Å². The van der Waals surface area contributed by atoms with Gasteiger partial charge in [-0.1, -0.05) is 17.7 Å². The standard InChI is InChI=1S/C16H16ClN3O2/c1-11(19-14-4-2-3-13(17)9-14)16(22)20-18-10-12-5-7-15(21)8-6-12/h2-11,19,21H,1H3,(H,20,22)/b18-10-/t11-/m0/s1. The Labute approximate surface area is 133 Å². The fourth-order valence-electron chi connectivity index (χ4n) is 1.72. The van der Waals surface area contributed by atoms with Crippen molar-refractivity contribution in [1.82, 2.24) is 5.43 Å². The van der Waals surface area contributed by atoms with Crippen molar-refractivity contribution < 1.29 is 9.90 Å². The van der Waals surface area contributed by atoms with Gasteiger partial charge in [-0.25, -0.2) is 5.43 Å². The molecule has 0 aliphatic rings. The van der Waals surface area contributed by atoms with Crippen molar-refractivity contribution in [2.24, 2.45) is 5.10 Å². The highest BCUT2D eigenvalue weighted by Crippen LogP contribution is 2.15. The van der Waals surface area contributed by atoms with Gasteiger partial charge in [-0.3, -0.25) is 4.79 Å². The SMILES string of the molecule is C[C@H](Nc1cccc(Cl)c1)C(=O)N/N=C\c1ccc(O)cc1. The molecule has 0 aliphatic heterocycles. The number of hydrogen-bond donors (Lipinski definition) is 3. The van der Waals surface area contributed by atoms with Crippen molar-refractivity contribution in [3.63, 3.8) is 0 Å². The number of carbonyl (C=O) groups is 1. The van der Waals surface area contributed by atoms with Crippen LogP contribution in [0.4, 0.5) is 5.69 Å². The molecular weight excluding hydrogens is 302 g/mol. The Bertz CT molecular complexity index is 671. The van der Waals surface area contributed by atoms with Crippen LogP contribution in [0.15, 0.2) is 53.6 Å². The lowest BCUT2D eigenvalue weighted by Crippen LogP contribution is -2.34. The molecule has 0 heterocycles. The normalized spacial score (nSPS) is 12.1. The summed E-state index contributed by atoms with van der Waals surface area (Å²) in [5.74, 6) is -0.0875. The molecule has 0 saturated carbocycles. The molecule has 0 saturated heterocycles. The summed E-state index contributed by atoms with van der Waals surface area (Å²) >= 11 is 5.89. The smallest absolute Gasteiger partial charge is 0.262 e. The number of anilines is 1. The van der Waals surface area contributed by atoms with Gasteiger partial charge in [-0.2, -0.15) is 5.10 Å². The van der Waals surface area contributed by atoms with Gasteiger partial charge in [-0.05, 0) is 55.0 Å². The minimum Gasteiger partial charge on any atom is -0.508 e. The van der Waals surface area contributed by atoms with Crippen LogP contribution in [-0.2, 0) is 4.79 Å². The van der Waals surface area contributed by atoms with E-state index in [1.54, 1.807) is 49.4 Å². The van der Waals surface area contributed by atoms with Gasteiger partial charge in [0.2, 0.25) is 0 Å². The number of hydrazone groups is 1. The summed E-state index contributed by atoms with van der Waals surface area (Å²) < 4.78 is 0. The van der Waals surface area contributed by atoms with Gasteiger partial charge in [0, 0.05) is 10.7 Å². The maximum absolute atomic E-state index is 11.9. The number of nitrogens with one attached hydrogen (secondary N) is 2. The Kier molecular flexibility index (Phi) is 5.38. The van der Waals surface area contributed by atoms with Crippen molar-refractivity contribution in [1.29, 1.82) is 0 Å². The van der Waals surface area contributed by atoms with Crippen LogP contribution < -0.4 is 10.7 Å². The first kappa shape index (κ1) is 15.9. The average molecular weight is 318 g/mol. The maximum Gasteiger partial charge on any atom is 0.262 e. The van der Waals surface area contributed by atoms with E-state index < -0.39 is 6.04 Å². The maximum atomic E-state index is 11.9. The molecule has 2 aromatic carbocycles. The highest BCUT2D eigenvalue weighted by atomic mass is 35.5. The summed E-state index contributed by atoms with van der Waals surface area (Å²) in [5, 5.41) is 16.7. The molecule has 0 fully saturated rings. The quantitative estimate of drug-likeness (QED) is 0.586. The zero-order valence-corrected chi connectivity index (χ0v) is 12.7. The Balaban J connectivity index is 1.87. The third-order valence-corrected chi connectivity index (χ3v) is 3.12. The molecule has 2 aromatic rings. The van der Waals surface area contributed by atoms with E-state index in [4.69, 9.17) is 11.6 Å². The van der Waals surface area contributed by atoms with Crippen molar-refractivity contribution in [3.05, 3.63) is 59.1 Å². The van der Waals surface area contributed by atoms with Crippen molar-refractivity contribution in [3.8, 4) is 5.75 Å². The van der Waals surface area contributed by atoms with Crippen LogP contribution in [0.25, 0.3) is 0 Å². The number of amides is 1. The molecule has 0 aromatic heterocycles. The number of aromatic hydroxyl groups is 1. The molecule has 3 N–H and O–H groups in total. The minimum absolute atomic E-state index is 0.181. The zero-order valence-electron chi connectivity index (χ0n) is 12.0. The number of halogens is 1. The lowest BCUT2D eigenvalue weighted by Gasteiger charge is -2.13. The van der Waals surface area contributed by atoms with Gasteiger partial charge in [0.1, 0.15) is 11.8 Å². The second-order valence-electron chi connectivity index (χ2n) is 4.70. The van der Waals surface area contributed by atoms with Gasteiger partial charge >= 0.3 is 0 Å². The molecule has 6 heteroatoms. The Morgan fingerprint density at radius 2 is 2.00 bits per heavy atom. The lowest BCUT2D eigenvalue weighted by molar-refractivity contribution is -0.121. The van der Waals surface area contributed by atoms with Gasteiger partial charge in [0.25, 0.3) is 5.91 Å². The van der Waals surface area contributed by atoms with Crippen LogP contribution in [0.3, 0.4) is 0 Å². The molecule has 1 amide bonds. The summed E-state index contributed by atoms with van der Waals surface area (Å²) in [6, 6.07) is 13.2. The van der Waals surface area contributed by atoms with Gasteiger partial charge < -0.3 is 10.4 Å². The molecule has 0 radical (unpaired) electrons. The Morgan fingerprint density at radius 3 is 2.68 bits per heavy atom. The molecule has 0 bridgehead atoms. The zero-order chi connectivity index (χ0) is 15.9. The Morgan fingerprint density at radius 1 is 1.27 bits per heavy atom. The first-order valence-electron chi connectivity index (χ1n) is 6.68. The van der Waals surface area contributed by atoms with Crippen molar-refractivity contribution >= 4 is 29.4 Å². The second-order valence-corrected chi connectivity index (χ2v) is 5.14. The first-order chi connectivity index (χ1) is 10.5. The van der Waals surface area contributed by atoms with E-state index in [1.807, 2.05) is 6.07 Å². The van der Waals surface area contributed by atoms with E-state index >= 15 is 0 Å². The average Bonchev–Trinajstić information content (AvgIpc) is 2.49. The number of hydrogen-bond acceptors (Lipinski definition) is 4. The van der Waals surface area contributed by atoms with E-state index in [0.29, 0.717) is 5.02 Å². The highest BCUT2D eigenvalue weighted by Gasteiger charge is 2.11. The number of carbonyl (C=O) groups excluding carboxylic acids is 1. The predicted molar refractivity (Wildman–Crippen MR) is 88.4 cm³/mol. The van der Waals surface area contributed by atoms with E-state index in [1.165, 1.54) is 6.21 Å².